The van der Waals surface area contributed by atoms with Gasteiger partial charge in [-0.2, -0.15) is 5.10 Å². The highest BCUT2D eigenvalue weighted by Gasteiger charge is 2.12. The maximum absolute atomic E-state index is 12.5. The molecule has 4 heteroatoms. The van der Waals surface area contributed by atoms with E-state index in [4.69, 9.17) is 0 Å². The zero-order valence-corrected chi connectivity index (χ0v) is 13.7. The largest absolute Gasteiger partial charge is 0.292 e. The molecule has 0 atom stereocenters. The Morgan fingerprint density at radius 3 is 2.46 bits per heavy atom. The lowest BCUT2D eigenvalue weighted by molar-refractivity contribution is 0.0965. The van der Waals surface area contributed by atoms with E-state index in [9.17, 15) is 9.59 Å². The van der Waals surface area contributed by atoms with Crippen molar-refractivity contribution >= 4 is 5.78 Å². The lowest BCUT2D eigenvalue weighted by Crippen LogP contribution is -2.26. The second-order valence-electron chi connectivity index (χ2n) is 5.82. The third-order valence-electron chi connectivity index (χ3n) is 3.91. The van der Waals surface area contributed by atoms with Crippen LogP contribution in [0.2, 0.25) is 0 Å². The Labute approximate surface area is 140 Å². The van der Waals surface area contributed by atoms with E-state index >= 15 is 0 Å². The van der Waals surface area contributed by atoms with E-state index in [0.717, 1.165) is 16.7 Å². The van der Waals surface area contributed by atoms with E-state index in [2.05, 4.69) is 5.10 Å². The fraction of sp³-hybridized carbons (Fsp3) is 0.150. The Bertz CT molecular complexity index is 943. The van der Waals surface area contributed by atoms with E-state index in [1.807, 2.05) is 56.3 Å². The molecule has 0 saturated carbocycles. The lowest BCUT2D eigenvalue weighted by Gasteiger charge is -2.09. The van der Waals surface area contributed by atoms with E-state index in [1.54, 1.807) is 12.1 Å². The smallest absolute Gasteiger partial charge is 0.267 e. The second kappa shape index (κ2) is 6.62. The van der Waals surface area contributed by atoms with Gasteiger partial charge in [-0.3, -0.25) is 9.59 Å². The summed E-state index contributed by atoms with van der Waals surface area (Å²) >= 11 is 0. The summed E-state index contributed by atoms with van der Waals surface area (Å²) in [4.78, 5) is 24.6. The van der Waals surface area contributed by atoms with Crippen molar-refractivity contribution in [3.63, 3.8) is 0 Å². The Morgan fingerprint density at radius 1 is 1.00 bits per heavy atom. The highest BCUT2D eigenvalue weighted by atomic mass is 16.1. The van der Waals surface area contributed by atoms with Crippen molar-refractivity contribution in [1.29, 1.82) is 0 Å². The molecule has 4 nitrogen and oxygen atoms in total. The van der Waals surface area contributed by atoms with E-state index < -0.39 is 0 Å². The molecule has 1 aromatic heterocycles. The van der Waals surface area contributed by atoms with Crippen LogP contribution in [-0.4, -0.2) is 15.6 Å². The van der Waals surface area contributed by atoms with Crippen molar-refractivity contribution in [2.45, 2.75) is 20.4 Å². The first-order valence-corrected chi connectivity index (χ1v) is 7.78. The zero-order valence-electron chi connectivity index (χ0n) is 13.7. The second-order valence-corrected chi connectivity index (χ2v) is 5.82. The number of ketones is 1. The summed E-state index contributed by atoms with van der Waals surface area (Å²) in [6, 6.07) is 18.4. The minimum Gasteiger partial charge on any atom is -0.292 e. The molecule has 0 bridgehead atoms. The fourth-order valence-corrected chi connectivity index (χ4v) is 2.67. The van der Waals surface area contributed by atoms with E-state index in [1.165, 1.54) is 10.7 Å². The maximum atomic E-state index is 12.5. The lowest BCUT2D eigenvalue weighted by atomic mass is 10.0. The molecule has 3 rings (SSSR count). The summed E-state index contributed by atoms with van der Waals surface area (Å²) in [5.74, 6) is -0.118. The van der Waals surface area contributed by atoms with Gasteiger partial charge in [0.25, 0.3) is 5.56 Å². The summed E-state index contributed by atoms with van der Waals surface area (Å²) in [7, 11) is 0. The standard InChI is InChI=1S/C20H18N2O2/c1-14-8-9-17(15(2)12-14)19(23)13-22-20(24)11-10-18(21-22)16-6-4-3-5-7-16/h3-12H,13H2,1-2H3. The molecule has 0 aliphatic rings. The summed E-state index contributed by atoms with van der Waals surface area (Å²) in [6.07, 6.45) is 0. The highest BCUT2D eigenvalue weighted by molar-refractivity contribution is 5.97. The number of carbonyl (C=O) groups is 1. The van der Waals surface area contributed by atoms with Crippen LogP contribution >= 0.6 is 0 Å². The predicted molar refractivity (Wildman–Crippen MR) is 94.2 cm³/mol. The number of hydrogen-bond donors (Lipinski definition) is 0. The number of benzene rings is 2. The SMILES string of the molecule is Cc1ccc(C(=O)Cn2nc(-c3ccccc3)ccc2=O)c(C)c1. The van der Waals surface area contributed by atoms with Gasteiger partial charge in [0.05, 0.1) is 5.69 Å². The molecule has 24 heavy (non-hydrogen) atoms. The molecule has 0 saturated heterocycles. The van der Waals surface area contributed by atoms with Gasteiger partial charge in [0.15, 0.2) is 5.78 Å². The van der Waals surface area contributed by atoms with Crippen molar-refractivity contribution in [1.82, 2.24) is 9.78 Å². The number of aromatic nitrogens is 2. The van der Waals surface area contributed by atoms with Gasteiger partial charge in [-0.15, -0.1) is 0 Å². The quantitative estimate of drug-likeness (QED) is 0.693. The number of carbonyl (C=O) groups excluding carboxylic acids is 1. The van der Waals surface area contributed by atoms with Gasteiger partial charge >= 0.3 is 0 Å². The average molecular weight is 318 g/mol. The van der Waals surface area contributed by atoms with Crippen LogP contribution in [0, 0.1) is 13.8 Å². The van der Waals surface area contributed by atoms with Crippen LogP contribution in [0.25, 0.3) is 11.3 Å². The zero-order chi connectivity index (χ0) is 17.1. The van der Waals surface area contributed by atoms with Gasteiger partial charge in [-0.1, -0.05) is 54.1 Å². The molecule has 0 amide bonds. The molecule has 0 spiro atoms. The van der Waals surface area contributed by atoms with Gasteiger partial charge < -0.3 is 0 Å². The summed E-state index contributed by atoms with van der Waals surface area (Å²) < 4.78 is 1.23. The minimum absolute atomic E-state index is 0.0661. The highest BCUT2D eigenvalue weighted by Crippen LogP contribution is 2.15. The van der Waals surface area contributed by atoms with E-state index in [0.29, 0.717) is 11.3 Å². The van der Waals surface area contributed by atoms with Crippen LogP contribution in [-0.2, 0) is 6.54 Å². The van der Waals surface area contributed by atoms with Gasteiger partial charge in [0.1, 0.15) is 6.54 Å². The Hall–Kier alpha value is -3.01. The van der Waals surface area contributed by atoms with Crippen molar-refractivity contribution in [2.24, 2.45) is 0 Å². The van der Waals surface area contributed by atoms with Crippen LogP contribution in [0.15, 0.2) is 65.5 Å². The molecule has 120 valence electrons. The Kier molecular flexibility index (Phi) is 4.38. The molecule has 1 heterocycles. The molecule has 2 aromatic carbocycles. The number of aryl methyl sites for hydroxylation is 2. The van der Waals surface area contributed by atoms with Crippen LogP contribution in [0.4, 0.5) is 0 Å². The average Bonchev–Trinajstić information content (AvgIpc) is 2.57. The summed E-state index contributed by atoms with van der Waals surface area (Å²) in [6.45, 7) is 3.82. The molecular weight excluding hydrogens is 300 g/mol. The third-order valence-corrected chi connectivity index (χ3v) is 3.91. The summed E-state index contributed by atoms with van der Waals surface area (Å²) in [5, 5.41) is 4.34. The molecule has 0 aliphatic carbocycles. The van der Waals surface area contributed by atoms with Crippen LogP contribution in [0.5, 0.6) is 0 Å². The topological polar surface area (TPSA) is 52.0 Å². The molecule has 0 N–H and O–H groups in total. The molecular formula is C20H18N2O2. The van der Waals surface area contributed by atoms with Gasteiger partial charge in [0.2, 0.25) is 0 Å². The van der Waals surface area contributed by atoms with Gasteiger partial charge in [-0.05, 0) is 25.5 Å². The Morgan fingerprint density at radius 2 is 1.75 bits per heavy atom. The molecule has 0 unspecified atom stereocenters. The molecule has 3 aromatic rings. The van der Waals surface area contributed by atoms with Crippen molar-refractivity contribution in [2.75, 3.05) is 0 Å². The number of nitrogens with zero attached hydrogens (tertiary/aromatic N) is 2. The van der Waals surface area contributed by atoms with Crippen molar-refractivity contribution in [3.05, 3.63) is 87.7 Å². The molecule has 0 aliphatic heterocycles. The van der Waals surface area contributed by atoms with Crippen molar-refractivity contribution < 1.29 is 4.79 Å². The fourth-order valence-electron chi connectivity index (χ4n) is 2.67. The predicted octanol–water partition coefficient (Wildman–Crippen LogP) is 3.41. The van der Waals surface area contributed by atoms with Crippen molar-refractivity contribution in [3.8, 4) is 11.3 Å². The number of rotatable bonds is 4. The van der Waals surface area contributed by atoms with Crippen LogP contribution in [0.1, 0.15) is 21.5 Å². The van der Waals surface area contributed by atoms with Crippen LogP contribution < -0.4 is 5.56 Å². The summed E-state index contributed by atoms with van der Waals surface area (Å²) in [5.41, 5.74) is 3.93. The first-order chi connectivity index (χ1) is 11.5. The van der Waals surface area contributed by atoms with Gasteiger partial charge in [0, 0.05) is 17.2 Å². The number of Topliss-reactive ketones (excluding diaryl/α,β-unsaturated/α-hetero) is 1. The first kappa shape index (κ1) is 15.9. The maximum Gasteiger partial charge on any atom is 0.267 e. The number of hydrogen-bond acceptors (Lipinski definition) is 3. The molecule has 0 fully saturated rings. The van der Waals surface area contributed by atoms with Crippen LogP contribution in [0.3, 0.4) is 0 Å². The van der Waals surface area contributed by atoms with E-state index in [-0.39, 0.29) is 17.9 Å². The first-order valence-electron chi connectivity index (χ1n) is 7.78. The monoisotopic (exact) mass is 318 g/mol. The third kappa shape index (κ3) is 3.33. The normalized spacial score (nSPS) is 10.6. The Balaban J connectivity index is 1.92. The van der Waals surface area contributed by atoms with Gasteiger partial charge in [-0.25, -0.2) is 4.68 Å². The minimum atomic E-state index is -0.284. The molecule has 0 radical (unpaired) electrons.